The largest absolute Gasteiger partial charge is 0.459 e. The van der Waals surface area contributed by atoms with Crippen molar-refractivity contribution in [3.05, 3.63) is 34.3 Å². The van der Waals surface area contributed by atoms with Crippen LogP contribution in [0.2, 0.25) is 0 Å². The standard InChI is InChI=1S/C19H28BrNO3/c1-13(2)11-16(14-7-9-15(20)10-8-14)18(23)21(6)12-17(22)24-19(3,4)5/h7-10,13,16H,11-12H2,1-6H3. The Balaban J connectivity index is 2.87. The summed E-state index contributed by atoms with van der Waals surface area (Å²) in [6, 6.07) is 7.78. The van der Waals surface area contributed by atoms with Crippen LogP contribution in [0.5, 0.6) is 0 Å². The average molecular weight is 398 g/mol. The van der Waals surface area contributed by atoms with Gasteiger partial charge < -0.3 is 9.64 Å². The molecule has 134 valence electrons. The van der Waals surface area contributed by atoms with Crippen LogP contribution in [0, 0.1) is 5.92 Å². The molecule has 0 saturated carbocycles. The number of rotatable bonds is 6. The lowest BCUT2D eigenvalue weighted by Crippen LogP contribution is -2.38. The molecule has 0 radical (unpaired) electrons. The second-order valence-electron chi connectivity index (χ2n) is 7.51. The molecule has 5 heteroatoms. The highest BCUT2D eigenvalue weighted by molar-refractivity contribution is 9.10. The number of likely N-dealkylation sites (N-methyl/N-ethyl adjacent to an activating group) is 1. The number of carbonyl (C=O) groups excluding carboxylic acids is 2. The van der Waals surface area contributed by atoms with Gasteiger partial charge in [0.15, 0.2) is 0 Å². The van der Waals surface area contributed by atoms with Crippen LogP contribution >= 0.6 is 15.9 Å². The highest BCUT2D eigenvalue weighted by Gasteiger charge is 2.27. The van der Waals surface area contributed by atoms with Gasteiger partial charge in [-0.3, -0.25) is 9.59 Å². The molecule has 1 unspecified atom stereocenters. The third kappa shape index (κ3) is 7.04. The topological polar surface area (TPSA) is 46.6 Å². The molecule has 0 aromatic heterocycles. The van der Waals surface area contributed by atoms with Crippen molar-refractivity contribution in [1.82, 2.24) is 4.90 Å². The molecule has 1 rings (SSSR count). The molecule has 0 N–H and O–H groups in total. The van der Waals surface area contributed by atoms with Crippen LogP contribution in [0.4, 0.5) is 0 Å². The number of esters is 1. The number of benzene rings is 1. The van der Waals surface area contributed by atoms with Crippen LogP contribution in [-0.4, -0.2) is 36.0 Å². The molecule has 24 heavy (non-hydrogen) atoms. The predicted octanol–water partition coefficient (Wildman–Crippen LogP) is 4.38. The number of nitrogens with zero attached hydrogens (tertiary/aromatic N) is 1. The van der Waals surface area contributed by atoms with E-state index < -0.39 is 11.6 Å². The van der Waals surface area contributed by atoms with E-state index in [4.69, 9.17) is 4.74 Å². The Kier molecular flexibility index (Phi) is 7.46. The van der Waals surface area contributed by atoms with Gasteiger partial charge in [-0.2, -0.15) is 0 Å². The maximum Gasteiger partial charge on any atom is 0.326 e. The summed E-state index contributed by atoms with van der Waals surface area (Å²) in [6.07, 6.45) is 0.735. The van der Waals surface area contributed by atoms with Crippen LogP contribution < -0.4 is 0 Å². The molecular weight excluding hydrogens is 370 g/mol. The highest BCUT2D eigenvalue weighted by atomic mass is 79.9. The van der Waals surface area contributed by atoms with Crippen LogP contribution in [-0.2, 0) is 14.3 Å². The molecule has 0 spiro atoms. The van der Waals surface area contributed by atoms with Crippen LogP contribution in [0.25, 0.3) is 0 Å². The molecule has 1 aromatic carbocycles. The molecule has 1 aromatic rings. The lowest BCUT2D eigenvalue weighted by molar-refractivity contribution is -0.158. The number of ether oxygens (including phenoxy) is 1. The Morgan fingerprint density at radius 1 is 1.17 bits per heavy atom. The molecular formula is C19H28BrNO3. The molecule has 4 nitrogen and oxygen atoms in total. The second kappa shape index (κ2) is 8.65. The SMILES string of the molecule is CC(C)CC(C(=O)N(C)CC(=O)OC(C)(C)C)c1ccc(Br)cc1. The van der Waals surface area contributed by atoms with E-state index in [-0.39, 0.29) is 18.4 Å². The van der Waals surface area contributed by atoms with Gasteiger partial charge in [0, 0.05) is 11.5 Å². The first kappa shape index (κ1) is 20.7. The monoisotopic (exact) mass is 397 g/mol. The smallest absolute Gasteiger partial charge is 0.326 e. The van der Waals surface area contributed by atoms with E-state index >= 15 is 0 Å². The van der Waals surface area contributed by atoms with Gasteiger partial charge in [0.05, 0.1) is 5.92 Å². The van der Waals surface area contributed by atoms with E-state index in [1.807, 2.05) is 45.0 Å². The first-order chi connectivity index (χ1) is 11.0. The van der Waals surface area contributed by atoms with Crippen molar-refractivity contribution >= 4 is 27.8 Å². The normalized spacial score (nSPS) is 12.8. The van der Waals surface area contributed by atoms with E-state index in [1.54, 1.807) is 7.05 Å². The quantitative estimate of drug-likeness (QED) is 0.669. The summed E-state index contributed by atoms with van der Waals surface area (Å²) in [5.74, 6) is -0.336. The summed E-state index contributed by atoms with van der Waals surface area (Å²) in [6.45, 7) is 9.59. The summed E-state index contributed by atoms with van der Waals surface area (Å²) in [5.41, 5.74) is 0.414. The fourth-order valence-corrected chi connectivity index (χ4v) is 2.72. The zero-order chi connectivity index (χ0) is 18.5. The molecule has 1 amide bonds. The molecule has 0 fully saturated rings. The minimum atomic E-state index is -0.552. The van der Waals surface area contributed by atoms with Gasteiger partial charge in [0.25, 0.3) is 0 Å². The van der Waals surface area contributed by atoms with E-state index in [9.17, 15) is 9.59 Å². The Morgan fingerprint density at radius 3 is 2.17 bits per heavy atom. The van der Waals surface area contributed by atoms with E-state index in [1.165, 1.54) is 4.90 Å². The van der Waals surface area contributed by atoms with Crippen molar-refractivity contribution in [3.8, 4) is 0 Å². The fraction of sp³-hybridized carbons (Fsp3) is 0.579. The van der Waals surface area contributed by atoms with E-state index in [2.05, 4.69) is 29.8 Å². The van der Waals surface area contributed by atoms with Crippen molar-refractivity contribution in [3.63, 3.8) is 0 Å². The molecule has 0 heterocycles. The number of carbonyl (C=O) groups is 2. The van der Waals surface area contributed by atoms with Crippen molar-refractivity contribution in [1.29, 1.82) is 0 Å². The summed E-state index contributed by atoms with van der Waals surface area (Å²) < 4.78 is 6.28. The summed E-state index contributed by atoms with van der Waals surface area (Å²) in [4.78, 5) is 26.3. The van der Waals surface area contributed by atoms with Crippen molar-refractivity contribution in [2.45, 2.75) is 52.6 Å². The van der Waals surface area contributed by atoms with Crippen molar-refractivity contribution < 1.29 is 14.3 Å². The molecule has 0 aliphatic carbocycles. The van der Waals surface area contributed by atoms with Gasteiger partial charge in [-0.05, 0) is 50.8 Å². The molecule has 0 bridgehead atoms. The fourth-order valence-electron chi connectivity index (χ4n) is 2.46. The van der Waals surface area contributed by atoms with Gasteiger partial charge in [0.2, 0.25) is 5.91 Å². The lowest BCUT2D eigenvalue weighted by atomic mass is 9.89. The zero-order valence-electron chi connectivity index (χ0n) is 15.4. The van der Waals surface area contributed by atoms with Crippen molar-refractivity contribution in [2.75, 3.05) is 13.6 Å². The number of halogens is 1. The summed E-state index contributed by atoms with van der Waals surface area (Å²) in [5, 5.41) is 0. The Labute approximate surface area is 153 Å². The van der Waals surface area contributed by atoms with Gasteiger partial charge in [0.1, 0.15) is 12.1 Å². The molecule has 1 atom stereocenters. The number of amides is 1. The minimum absolute atomic E-state index is 0.0404. The summed E-state index contributed by atoms with van der Waals surface area (Å²) in [7, 11) is 1.65. The third-order valence-corrected chi connectivity index (χ3v) is 3.97. The summed E-state index contributed by atoms with van der Waals surface area (Å²) >= 11 is 3.42. The zero-order valence-corrected chi connectivity index (χ0v) is 17.0. The predicted molar refractivity (Wildman–Crippen MR) is 99.8 cm³/mol. The average Bonchev–Trinajstić information content (AvgIpc) is 2.42. The molecule has 0 aliphatic heterocycles. The first-order valence-corrected chi connectivity index (χ1v) is 9.01. The lowest BCUT2D eigenvalue weighted by Gasteiger charge is -2.26. The maximum atomic E-state index is 12.9. The highest BCUT2D eigenvalue weighted by Crippen LogP contribution is 2.27. The van der Waals surface area contributed by atoms with Crippen molar-refractivity contribution in [2.24, 2.45) is 5.92 Å². The number of hydrogen-bond donors (Lipinski definition) is 0. The van der Waals surface area contributed by atoms with Gasteiger partial charge in [-0.25, -0.2) is 0 Å². The Hall–Kier alpha value is -1.36. The van der Waals surface area contributed by atoms with Gasteiger partial charge >= 0.3 is 5.97 Å². The first-order valence-electron chi connectivity index (χ1n) is 8.22. The number of hydrogen-bond acceptors (Lipinski definition) is 3. The van der Waals surface area contributed by atoms with Gasteiger partial charge in [-0.15, -0.1) is 0 Å². The second-order valence-corrected chi connectivity index (χ2v) is 8.43. The maximum absolute atomic E-state index is 12.9. The Morgan fingerprint density at radius 2 is 1.71 bits per heavy atom. The molecule has 0 aliphatic rings. The van der Waals surface area contributed by atoms with Crippen LogP contribution in [0.15, 0.2) is 28.7 Å². The molecule has 0 saturated heterocycles. The third-order valence-electron chi connectivity index (χ3n) is 3.44. The van der Waals surface area contributed by atoms with E-state index in [0.29, 0.717) is 5.92 Å². The van der Waals surface area contributed by atoms with E-state index in [0.717, 1.165) is 16.5 Å². The van der Waals surface area contributed by atoms with Crippen LogP contribution in [0.1, 0.15) is 52.5 Å². The minimum Gasteiger partial charge on any atom is -0.459 e. The van der Waals surface area contributed by atoms with Gasteiger partial charge in [-0.1, -0.05) is 41.9 Å². The van der Waals surface area contributed by atoms with Crippen LogP contribution in [0.3, 0.4) is 0 Å². The Bertz CT molecular complexity index is 561.